The quantitative estimate of drug-likeness (QED) is 0.787. The van der Waals surface area contributed by atoms with Gasteiger partial charge in [0.15, 0.2) is 0 Å². The van der Waals surface area contributed by atoms with Crippen molar-refractivity contribution in [2.75, 3.05) is 26.7 Å². The molecule has 0 spiro atoms. The first-order valence-electron chi connectivity index (χ1n) is 7.20. The second kappa shape index (κ2) is 6.79. The number of methoxy groups -OCH3 is 1. The third kappa shape index (κ3) is 3.26. The Morgan fingerprint density at radius 2 is 2.17 bits per heavy atom. The number of piperidine rings is 1. The molecule has 1 aromatic rings. The van der Waals surface area contributed by atoms with Gasteiger partial charge in [-0.25, -0.2) is 0 Å². The van der Waals surface area contributed by atoms with E-state index in [1.54, 1.807) is 7.11 Å². The highest BCUT2D eigenvalue weighted by atomic mass is 16.5. The summed E-state index contributed by atoms with van der Waals surface area (Å²) in [6.07, 6.45) is 5.21. The summed E-state index contributed by atoms with van der Waals surface area (Å²) in [7, 11) is 1.77. The summed E-state index contributed by atoms with van der Waals surface area (Å²) < 4.78 is 5.50. The van der Waals surface area contributed by atoms with Crippen LogP contribution in [0.2, 0.25) is 0 Å². The van der Waals surface area contributed by atoms with Crippen LogP contribution < -0.4 is 4.74 Å². The van der Waals surface area contributed by atoms with Gasteiger partial charge in [0, 0.05) is 12.5 Å². The Hall–Kier alpha value is -1.02. The number of benzene rings is 1. The van der Waals surface area contributed by atoms with E-state index in [2.05, 4.69) is 36.1 Å². The molecule has 100 valence electrons. The molecule has 2 nitrogen and oxygen atoms in total. The molecule has 0 N–H and O–H groups in total. The van der Waals surface area contributed by atoms with Gasteiger partial charge < -0.3 is 9.64 Å². The first-order chi connectivity index (χ1) is 8.85. The number of para-hydroxylation sites is 1. The molecule has 1 aliphatic heterocycles. The van der Waals surface area contributed by atoms with E-state index in [-0.39, 0.29) is 0 Å². The zero-order valence-electron chi connectivity index (χ0n) is 11.7. The summed E-state index contributed by atoms with van der Waals surface area (Å²) in [6.45, 7) is 5.98. The van der Waals surface area contributed by atoms with Gasteiger partial charge in [0.05, 0.1) is 7.11 Å². The lowest BCUT2D eigenvalue weighted by molar-refractivity contribution is 0.203. The van der Waals surface area contributed by atoms with Gasteiger partial charge in [-0.1, -0.05) is 31.5 Å². The maximum Gasteiger partial charge on any atom is 0.122 e. The second-order valence-corrected chi connectivity index (χ2v) is 5.24. The number of unbranched alkanes of at least 4 members (excludes halogenated alkanes) is 1. The monoisotopic (exact) mass is 247 g/mol. The Labute approximate surface area is 111 Å². The van der Waals surface area contributed by atoms with E-state index in [0.717, 1.165) is 5.75 Å². The average Bonchev–Trinajstić information content (AvgIpc) is 2.45. The molecule has 1 heterocycles. The van der Waals surface area contributed by atoms with Crippen LogP contribution in [-0.2, 0) is 0 Å². The third-order valence-corrected chi connectivity index (χ3v) is 3.91. The van der Waals surface area contributed by atoms with Crippen molar-refractivity contribution >= 4 is 0 Å². The molecule has 2 rings (SSSR count). The van der Waals surface area contributed by atoms with Crippen LogP contribution in [0.4, 0.5) is 0 Å². The average molecular weight is 247 g/mol. The van der Waals surface area contributed by atoms with Crippen LogP contribution in [0.3, 0.4) is 0 Å². The first-order valence-corrected chi connectivity index (χ1v) is 7.20. The molecule has 1 aromatic carbocycles. The smallest absolute Gasteiger partial charge is 0.122 e. The van der Waals surface area contributed by atoms with Crippen molar-refractivity contribution in [3.8, 4) is 5.75 Å². The number of rotatable bonds is 5. The van der Waals surface area contributed by atoms with Crippen LogP contribution in [0, 0.1) is 0 Å². The van der Waals surface area contributed by atoms with Crippen molar-refractivity contribution in [2.24, 2.45) is 0 Å². The first kappa shape index (κ1) is 13.4. The van der Waals surface area contributed by atoms with E-state index in [4.69, 9.17) is 4.74 Å². The summed E-state index contributed by atoms with van der Waals surface area (Å²) >= 11 is 0. The molecular formula is C16H25NO. The summed E-state index contributed by atoms with van der Waals surface area (Å²) in [6, 6.07) is 8.50. The predicted molar refractivity (Wildman–Crippen MR) is 76.3 cm³/mol. The van der Waals surface area contributed by atoms with E-state index in [9.17, 15) is 0 Å². The molecule has 0 aliphatic carbocycles. The standard InChI is InChI=1S/C16H25NO/c1-3-4-11-17-12-7-8-14(13-17)15-9-5-6-10-16(15)18-2/h5-6,9-10,14H,3-4,7-8,11-13H2,1-2H3. The number of hydrogen-bond acceptors (Lipinski definition) is 2. The van der Waals surface area contributed by atoms with Crippen LogP contribution in [0.25, 0.3) is 0 Å². The molecule has 0 saturated carbocycles. The predicted octanol–water partition coefficient (Wildman–Crippen LogP) is 3.67. The lowest BCUT2D eigenvalue weighted by Gasteiger charge is -2.33. The lowest BCUT2D eigenvalue weighted by atomic mass is 9.90. The second-order valence-electron chi connectivity index (χ2n) is 5.24. The summed E-state index contributed by atoms with van der Waals surface area (Å²) in [5.74, 6) is 1.70. The maximum absolute atomic E-state index is 5.50. The summed E-state index contributed by atoms with van der Waals surface area (Å²) in [5.41, 5.74) is 1.39. The molecule has 0 aromatic heterocycles. The van der Waals surface area contributed by atoms with Gasteiger partial charge in [0.25, 0.3) is 0 Å². The Morgan fingerprint density at radius 3 is 2.94 bits per heavy atom. The highest BCUT2D eigenvalue weighted by Gasteiger charge is 2.22. The summed E-state index contributed by atoms with van der Waals surface area (Å²) in [4.78, 5) is 2.62. The van der Waals surface area contributed by atoms with E-state index in [0.29, 0.717) is 5.92 Å². The highest BCUT2D eigenvalue weighted by molar-refractivity contribution is 5.36. The van der Waals surface area contributed by atoms with Gasteiger partial charge in [0.1, 0.15) is 5.75 Å². The number of hydrogen-bond donors (Lipinski definition) is 0. The minimum absolute atomic E-state index is 0.645. The van der Waals surface area contributed by atoms with Crippen molar-refractivity contribution in [1.82, 2.24) is 4.90 Å². The van der Waals surface area contributed by atoms with Crippen molar-refractivity contribution < 1.29 is 4.74 Å². The Bertz CT molecular complexity index is 364. The number of nitrogens with zero attached hydrogens (tertiary/aromatic N) is 1. The lowest BCUT2D eigenvalue weighted by Crippen LogP contribution is -2.35. The van der Waals surface area contributed by atoms with Gasteiger partial charge in [-0.05, 0) is 44.0 Å². The molecule has 1 atom stereocenters. The van der Waals surface area contributed by atoms with Gasteiger partial charge in [0.2, 0.25) is 0 Å². The zero-order valence-corrected chi connectivity index (χ0v) is 11.7. The van der Waals surface area contributed by atoms with Gasteiger partial charge >= 0.3 is 0 Å². The molecule has 1 fully saturated rings. The van der Waals surface area contributed by atoms with Crippen molar-refractivity contribution in [1.29, 1.82) is 0 Å². The molecule has 0 bridgehead atoms. The van der Waals surface area contributed by atoms with Gasteiger partial charge in [-0.3, -0.25) is 0 Å². The Balaban J connectivity index is 2.03. The van der Waals surface area contributed by atoms with Crippen molar-refractivity contribution in [3.63, 3.8) is 0 Å². The fourth-order valence-corrected chi connectivity index (χ4v) is 2.90. The Morgan fingerprint density at radius 1 is 1.33 bits per heavy atom. The molecular weight excluding hydrogens is 222 g/mol. The minimum atomic E-state index is 0.645. The molecule has 18 heavy (non-hydrogen) atoms. The summed E-state index contributed by atoms with van der Waals surface area (Å²) in [5, 5.41) is 0. The van der Waals surface area contributed by atoms with Crippen LogP contribution >= 0.6 is 0 Å². The maximum atomic E-state index is 5.50. The highest BCUT2D eigenvalue weighted by Crippen LogP contribution is 2.32. The molecule has 0 amide bonds. The van der Waals surface area contributed by atoms with E-state index in [1.807, 2.05) is 0 Å². The van der Waals surface area contributed by atoms with Gasteiger partial charge in [-0.2, -0.15) is 0 Å². The number of likely N-dealkylation sites (tertiary alicyclic amines) is 1. The topological polar surface area (TPSA) is 12.5 Å². The van der Waals surface area contributed by atoms with Crippen molar-refractivity contribution in [2.45, 2.75) is 38.5 Å². The molecule has 1 aliphatic rings. The fraction of sp³-hybridized carbons (Fsp3) is 0.625. The molecule has 1 unspecified atom stereocenters. The molecule has 1 saturated heterocycles. The van der Waals surface area contributed by atoms with Crippen LogP contribution in [0.15, 0.2) is 24.3 Å². The largest absolute Gasteiger partial charge is 0.496 e. The minimum Gasteiger partial charge on any atom is -0.496 e. The van der Waals surface area contributed by atoms with E-state index in [1.165, 1.54) is 50.9 Å². The zero-order chi connectivity index (χ0) is 12.8. The third-order valence-electron chi connectivity index (χ3n) is 3.91. The normalized spacial score (nSPS) is 20.9. The molecule has 0 radical (unpaired) electrons. The molecule has 2 heteroatoms. The van der Waals surface area contributed by atoms with Crippen LogP contribution in [0.5, 0.6) is 5.75 Å². The number of ether oxygens (including phenoxy) is 1. The fourth-order valence-electron chi connectivity index (χ4n) is 2.90. The Kier molecular flexibility index (Phi) is 5.06. The SMILES string of the molecule is CCCCN1CCCC(c2ccccc2OC)C1. The van der Waals surface area contributed by atoms with Crippen molar-refractivity contribution in [3.05, 3.63) is 29.8 Å². The van der Waals surface area contributed by atoms with Crippen LogP contribution in [0.1, 0.15) is 44.1 Å². The van der Waals surface area contributed by atoms with E-state index < -0.39 is 0 Å². The van der Waals surface area contributed by atoms with E-state index >= 15 is 0 Å². The van der Waals surface area contributed by atoms with Gasteiger partial charge in [-0.15, -0.1) is 0 Å². The van der Waals surface area contributed by atoms with Crippen LogP contribution in [-0.4, -0.2) is 31.6 Å².